The Morgan fingerprint density at radius 2 is 2.00 bits per heavy atom. The summed E-state index contributed by atoms with van der Waals surface area (Å²) in [7, 11) is 1.60. The van der Waals surface area contributed by atoms with Gasteiger partial charge in [-0.05, 0) is 35.9 Å². The molecule has 2 N–H and O–H groups in total. The van der Waals surface area contributed by atoms with Crippen LogP contribution in [0.2, 0.25) is 5.02 Å². The molecule has 0 atom stereocenters. The summed E-state index contributed by atoms with van der Waals surface area (Å²) in [5.41, 5.74) is 1.52. The minimum absolute atomic E-state index is 0.141. The molecule has 0 aliphatic carbocycles. The van der Waals surface area contributed by atoms with E-state index in [-0.39, 0.29) is 22.6 Å². The quantitative estimate of drug-likeness (QED) is 0.508. The van der Waals surface area contributed by atoms with Gasteiger partial charge in [0.25, 0.3) is 5.91 Å². The highest BCUT2D eigenvalue weighted by molar-refractivity contribution is 8.01. The lowest BCUT2D eigenvalue weighted by molar-refractivity contribution is -0.118. The van der Waals surface area contributed by atoms with E-state index in [1.807, 2.05) is 24.3 Å². The highest BCUT2D eigenvalue weighted by Gasteiger charge is 2.14. The summed E-state index contributed by atoms with van der Waals surface area (Å²) in [5.74, 6) is 0.398. The van der Waals surface area contributed by atoms with Crippen LogP contribution in [-0.2, 0) is 11.3 Å². The number of thioether (sulfide) groups is 1. The smallest absolute Gasteiger partial charge is 0.286 e. The van der Waals surface area contributed by atoms with Crippen LogP contribution in [0, 0.1) is 0 Å². The second-order valence-corrected chi connectivity index (χ2v) is 8.39. The minimum atomic E-state index is -0.376. The second-order valence-electron chi connectivity index (χ2n) is 5.75. The molecule has 10 heteroatoms. The molecule has 29 heavy (non-hydrogen) atoms. The van der Waals surface area contributed by atoms with Crippen molar-refractivity contribution in [1.29, 1.82) is 0 Å². The van der Waals surface area contributed by atoms with Crippen LogP contribution >= 0.6 is 34.7 Å². The first-order valence-electron chi connectivity index (χ1n) is 8.46. The van der Waals surface area contributed by atoms with E-state index in [1.165, 1.54) is 11.8 Å². The predicted molar refractivity (Wildman–Crippen MR) is 115 cm³/mol. The number of nitrogens with one attached hydrogen (secondary N) is 2. The first-order chi connectivity index (χ1) is 14.0. The van der Waals surface area contributed by atoms with Gasteiger partial charge in [-0.25, -0.2) is 0 Å². The molecule has 0 fully saturated rings. The molecule has 7 nitrogen and oxygen atoms in total. The van der Waals surface area contributed by atoms with Crippen LogP contribution in [0.3, 0.4) is 0 Å². The van der Waals surface area contributed by atoms with Crippen molar-refractivity contribution in [3.63, 3.8) is 0 Å². The number of benzene rings is 2. The van der Waals surface area contributed by atoms with Crippen LogP contribution in [-0.4, -0.2) is 34.9 Å². The number of rotatable bonds is 8. The molecule has 0 spiro atoms. The Kier molecular flexibility index (Phi) is 7.45. The molecule has 3 aromatic rings. The first kappa shape index (κ1) is 21.1. The van der Waals surface area contributed by atoms with Gasteiger partial charge in [0.1, 0.15) is 5.75 Å². The van der Waals surface area contributed by atoms with Gasteiger partial charge in [0.05, 0.1) is 12.9 Å². The molecule has 2 amide bonds. The van der Waals surface area contributed by atoms with Gasteiger partial charge in [-0.1, -0.05) is 52.9 Å². The summed E-state index contributed by atoms with van der Waals surface area (Å²) in [4.78, 5) is 24.3. The van der Waals surface area contributed by atoms with Crippen LogP contribution in [0.1, 0.15) is 15.4 Å². The standard InChI is InChI=1S/C19H17ClN4O3S2/c1-27-15-7-2-4-12(8-15)10-21-16(25)11-28-19-24-23-18(29-19)17(26)22-14-6-3-5-13(20)9-14/h2-9H,10-11H2,1H3,(H,21,25)(H,22,26). The number of hydrogen-bond donors (Lipinski definition) is 2. The molecule has 0 bridgehead atoms. The summed E-state index contributed by atoms with van der Waals surface area (Å²) in [5, 5.41) is 14.1. The zero-order valence-corrected chi connectivity index (χ0v) is 17.7. The van der Waals surface area contributed by atoms with Crippen LogP contribution in [0.15, 0.2) is 52.9 Å². The molecule has 2 aromatic carbocycles. The fraction of sp³-hybridized carbons (Fsp3) is 0.158. The monoisotopic (exact) mass is 448 g/mol. The molecule has 1 heterocycles. The van der Waals surface area contributed by atoms with Gasteiger partial charge in [0, 0.05) is 17.3 Å². The van der Waals surface area contributed by atoms with Crippen molar-refractivity contribution in [3.05, 3.63) is 64.1 Å². The Labute approximate surface area is 180 Å². The largest absolute Gasteiger partial charge is 0.497 e. The van der Waals surface area contributed by atoms with Crippen molar-refractivity contribution >= 4 is 52.2 Å². The number of ether oxygens (including phenoxy) is 1. The number of anilines is 1. The lowest BCUT2D eigenvalue weighted by Gasteiger charge is -2.06. The van der Waals surface area contributed by atoms with Gasteiger partial charge in [0.15, 0.2) is 4.34 Å². The SMILES string of the molecule is COc1cccc(CNC(=O)CSc2nnc(C(=O)Nc3cccc(Cl)c3)s2)c1. The molecular weight excluding hydrogens is 432 g/mol. The predicted octanol–water partition coefficient (Wildman–Crippen LogP) is 3.86. The van der Waals surface area contributed by atoms with E-state index in [4.69, 9.17) is 16.3 Å². The number of hydrogen-bond acceptors (Lipinski definition) is 7. The maximum Gasteiger partial charge on any atom is 0.286 e. The molecule has 0 aliphatic rings. The number of aromatic nitrogens is 2. The normalized spacial score (nSPS) is 10.4. The van der Waals surface area contributed by atoms with Gasteiger partial charge in [-0.3, -0.25) is 9.59 Å². The average molecular weight is 449 g/mol. The van der Waals surface area contributed by atoms with Gasteiger partial charge in [-0.2, -0.15) is 0 Å². The van der Waals surface area contributed by atoms with Gasteiger partial charge in [0.2, 0.25) is 10.9 Å². The third kappa shape index (κ3) is 6.45. The van der Waals surface area contributed by atoms with Crippen LogP contribution < -0.4 is 15.4 Å². The summed E-state index contributed by atoms with van der Waals surface area (Å²) in [6, 6.07) is 14.3. The van der Waals surface area contributed by atoms with Crippen LogP contribution in [0.4, 0.5) is 5.69 Å². The number of nitrogens with zero attached hydrogens (tertiary/aromatic N) is 2. The Bertz CT molecular complexity index is 1010. The third-order valence-electron chi connectivity index (χ3n) is 3.63. The minimum Gasteiger partial charge on any atom is -0.497 e. The lowest BCUT2D eigenvalue weighted by atomic mass is 10.2. The molecule has 0 saturated heterocycles. The van der Waals surface area contributed by atoms with Gasteiger partial charge in [-0.15, -0.1) is 10.2 Å². The fourth-order valence-corrected chi connectivity index (χ4v) is 4.04. The number of carbonyl (C=O) groups excluding carboxylic acids is 2. The molecular formula is C19H17ClN4O3S2. The number of amides is 2. The van der Waals surface area contributed by atoms with E-state index in [0.29, 0.717) is 21.6 Å². The number of methoxy groups -OCH3 is 1. The number of halogens is 1. The van der Waals surface area contributed by atoms with E-state index >= 15 is 0 Å². The van der Waals surface area contributed by atoms with Crippen molar-refractivity contribution in [3.8, 4) is 5.75 Å². The average Bonchev–Trinajstić information content (AvgIpc) is 3.20. The Morgan fingerprint density at radius 3 is 2.79 bits per heavy atom. The molecule has 0 aliphatic heterocycles. The molecule has 3 rings (SSSR count). The highest BCUT2D eigenvalue weighted by atomic mass is 35.5. The number of carbonyl (C=O) groups is 2. The third-order valence-corrected chi connectivity index (χ3v) is 5.92. The van der Waals surface area contributed by atoms with E-state index < -0.39 is 0 Å². The first-order valence-corrected chi connectivity index (χ1v) is 10.6. The lowest BCUT2D eigenvalue weighted by Crippen LogP contribution is -2.24. The van der Waals surface area contributed by atoms with E-state index in [9.17, 15) is 9.59 Å². The second kappa shape index (κ2) is 10.2. The Morgan fingerprint density at radius 1 is 1.17 bits per heavy atom. The van der Waals surface area contributed by atoms with Crippen molar-refractivity contribution in [2.45, 2.75) is 10.9 Å². The summed E-state index contributed by atoms with van der Waals surface area (Å²) < 4.78 is 5.70. The van der Waals surface area contributed by atoms with E-state index in [1.54, 1.807) is 31.4 Å². The fourth-order valence-electron chi connectivity index (χ4n) is 2.27. The van der Waals surface area contributed by atoms with E-state index in [0.717, 1.165) is 22.6 Å². The maximum atomic E-state index is 12.2. The molecule has 150 valence electrons. The van der Waals surface area contributed by atoms with Crippen LogP contribution in [0.25, 0.3) is 0 Å². The molecule has 0 saturated carbocycles. The van der Waals surface area contributed by atoms with Crippen molar-refractivity contribution in [2.24, 2.45) is 0 Å². The van der Waals surface area contributed by atoms with Crippen molar-refractivity contribution in [1.82, 2.24) is 15.5 Å². The molecule has 0 unspecified atom stereocenters. The maximum absolute atomic E-state index is 12.2. The highest BCUT2D eigenvalue weighted by Crippen LogP contribution is 2.23. The summed E-state index contributed by atoms with van der Waals surface area (Å²) in [6.07, 6.45) is 0. The zero-order chi connectivity index (χ0) is 20.6. The Balaban J connectivity index is 1.47. The topological polar surface area (TPSA) is 93.2 Å². The van der Waals surface area contributed by atoms with Crippen molar-refractivity contribution in [2.75, 3.05) is 18.2 Å². The zero-order valence-electron chi connectivity index (χ0n) is 15.3. The van der Waals surface area contributed by atoms with Gasteiger partial charge >= 0.3 is 0 Å². The van der Waals surface area contributed by atoms with E-state index in [2.05, 4.69) is 20.8 Å². The summed E-state index contributed by atoms with van der Waals surface area (Å²) >= 11 is 8.26. The van der Waals surface area contributed by atoms with Gasteiger partial charge < -0.3 is 15.4 Å². The molecule has 1 aromatic heterocycles. The Hall–Kier alpha value is -2.62. The van der Waals surface area contributed by atoms with Crippen LogP contribution in [0.5, 0.6) is 5.75 Å². The summed E-state index contributed by atoms with van der Waals surface area (Å²) in [6.45, 7) is 0.403. The molecule has 0 radical (unpaired) electrons. The van der Waals surface area contributed by atoms with Crippen molar-refractivity contribution < 1.29 is 14.3 Å².